The highest BCUT2D eigenvalue weighted by Crippen LogP contribution is 2.39. The summed E-state index contributed by atoms with van der Waals surface area (Å²) >= 11 is 2.97. The Morgan fingerprint density at radius 2 is 2.25 bits per heavy atom. The van der Waals surface area contributed by atoms with E-state index in [2.05, 4.69) is 15.6 Å². The molecule has 1 fully saturated rings. The van der Waals surface area contributed by atoms with E-state index in [0.29, 0.717) is 36.0 Å². The molecule has 1 aromatic rings. The number of esters is 1. The molecule has 1 saturated heterocycles. The van der Waals surface area contributed by atoms with Crippen molar-refractivity contribution in [3.05, 3.63) is 10.6 Å². The molecule has 9 heteroatoms. The lowest BCUT2D eigenvalue weighted by Gasteiger charge is -2.14. The fourth-order valence-corrected chi connectivity index (χ4v) is 4.77. The lowest BCUT2D eigenvalue weighted by atomic mass is 10.1. The monoisotopic (exact) mass is 369 g/mol. The average molecular weight is 369 g/mol. The molecule has 24 heavy (non-hydrogen) atoms. The standard InChI is InChI=1S/C15H19N3O4S2/c1-2-22-14(21)8-3-4-10-12(8)17-15(24-10)18-13(20)9-7-23-6-5-11(19)16-9/h8-9H,2-7H2,1H3,(H,16,19)(H,17,18,20). The number of thiazole rings is 1. The van der Waals surface area contributed by atoms with E-state index in [9.17, 15) is 14.4 Å². The van der Waals surface area contributed by atoms with Crippen molar-refractivity contribution in [1.82, 2.24) is 10.3 Å². The summed E-state index contributed by atoms with van der Waals surface area (Å²) in [5.74, 6) is 0.306. The van der Waals surface area contributed by atoms with Gasteiger partial charge < -0.3 is 15.4 Å². The summed E-state index contributed by atoms with van der Waals surface area (Å²) < 4.78 is 5.08. The van der Waals surface area contributed by atoms with Gasteiger partial charge in [-0.15, -0.1) is 11.3 Å². The van der Waals surface area contributed by atoms with Gasteiger partial charge in [-0.1, -0.05) is 0 Å². The minimum absolute atomic E-state index is 0.107. The smallest absolute Gasteiger partial charge is 0.315 e. The maximum atomic E-state index is 12.3. The zero-order valence-corrected chi connectivity index (χ0v) is 14.9. The van der Waals surface area contributed by atoms with Gasteiger partial charge in [0, 0.05) is 22.8 Å². The molecule has 2 N–H and O–H groups in total. The van der Waals surface area contributed by atoms with Crippen molar-refractivity contribution >= 4 is 46.0 Å². The fourth-order valence-electron chi connectivity index (χ4n) is 2.76. The lowest BCUT2D eigenvalue weighted by molar-refractivity contribution is -0.145. The van der Waals surface area contributed by atoms with Gasteiger partial charge in [0.15, 0.2) is 5.13 Å². The molecule has 0 bridgehead atoms. The van der Waals surface area contributed by atoms with Crippen LogP contribution in [0.5, 0.6) is 0 Å². The number of nitrogens with zero attached hydrogens (tertiary/aromatic N) is 1. The number of hydrogen-bond acceptors (Lipinski definition) is 7. The largest absolute Gasteiger partial charge is 0.465 e. The van der Waals surface area contributed by atoms with E-state index >= 15 is 0 Å². The van der Waals surface area contributed by atoms with Crippen molar-refractivity contribution in [2.75, 3.05) is 23.4 Å². The molecule has 7 nitrogen and oxygen atoms in total. The first-order valence-corrected chi connectivity index (χ1v) is 9.89. The Kier molecular flexibility index (Phi) is 5.40. The van der Waals surface area contributed by atoms with Gasteiger partial charge in [-0.25, -0.2) is 4.98 Å². The second kappa shape index (κ2) is 7.52. The quantitative estimate of drug-likeness (QED) is 0.777. The van der Waals surface area contributed by atoms with Crippen LogP contribution in [-0.2, 0) is 25.5 Å². The molecule has 1 aromatic heterocycles. The molecule has 2 amide bonds. The Bertz CT molecular complexity index is 661. The molecule has 2 aliphatic rings. The molecule has 2 heterocycles. The van der Waals surface area contributed by atoms with Gasteiger partial charge in [-0.3, -0.25) is 14.4 Å². The maximum Gasteiger partial charge on any atom is 0.315 e. The molecule has 0 radical (unpaired) electrons. The number of amides is 2. The first-order valence-electron chi connectivity index (χ1n) is 7.92. The van der Waals surface area contributed by atoms with Crippen molar-refractivity contribution in [1.29, 1.82) is 0 Å². The van der Waals surface area contributed by atoms with Crippen LogP contribution in [0.1, 0.15) is 36.3 Å². The Morgan fingerprint density at radius 1 is 1.42 bits per heavy atom. The Morgan fingerprint density at radius 3 is 3.04 bits per heavy atom. The number of ether oxygens (including phenoxy) is 1. The second-order valence-corrected chi connectivity index (χ2v) is 7.84. The summed E-state index contributed by atoms with van der Waals surface area (Å²) in [4.78, 5) is 41.3. The Hall–Kier alpha value is -1.61. The van der Waals surface area contributed by atoms with Crippen LogP contribution >= 0.6 is 23.1 Å². The van der Waals surface area contributed by atoms with Gasteiger partial charge in [0.1, 0.15) is 12.0 Å². The van der Waals surface area contributed by atoms with E-state index in [1.54, 1.807) is 18.7 Å². The second-order valence-electron chi connectivity index (χ2n) is 5.61. The van der Waals surface area contributed by atoms with E-state index in [1.807, 2.05) is 0 Å². The number of carbonyl (C=O) groups excluding carboxylic acids is 3. The van der Waals surface area contributed by atoms with Crippen LogP contribution in [0.4, 0.5) is 5.13 Å². The SMILES string of the molecule is CCOC(=O)C1CCc2sc(NC(=O)C3CSCCC(=O)N3)nc21. The van der Waals surface area contributed by atoms with Crippen LogP contribution in [0.15, 0.2) is 0 Å². The molecule has 130 valence electrons. The van der Waals surface area contributed by atoms with Crippen molar-refractivity contribution in [2.45, 2.75) is 38.1 Å². The molecule has 2 atom stereocenters. The predicted molar refractivity (Wildman–Crippen MR) is 92.3 cm³/mol. The number of anilines is 1. The highest BCUT2D eigenvalue weighted by molar-refractivity contribution is 7.99. The van der Waals surface area contributed by atoms with Crippen molar-refractivity contribution in [3.8, 4) is 0 Å². The van der Waals surface area contributed by atoms with Crippen molar-refractivity contribution in [3.63, 3.8) is 0 Å². The predicted octanol–water partition coefficient (Wildman–Crippen LogP) is 1.30. The third-order valence-electron chi connectivity index (χ3n) is 3.93. The number of aromatic nitrogens is 1. The molecule has 0 saturated carbocycles. The van der Waals surface area contributed by atoms with Crippen LogP contribution in [0, 0.1) is 0 Å². The summed E-state index contributed by atoms with van der Waals surface area (Å²) in [5, 5.41) is 5.97. The zero-order chi connectivity index (χ0) is 17.1. The van der Waals surface area contributed by atoms with Crippen molar-refractivity contribution in [2.24, 2.45) is 0 Å². The summed E-state index contributed by atoms with van der Waals surface area (Å²) in [6.45, 7) is 2.12. The van der Waals surface area contributed by atoms with E-state index in [1.165, 1.54) is 11.3 Å². The van der Waals surface area contributed by atoms with Crippen molar-refractivity contribution < 1.29 is 19.1 Å². The maximum absolute atomic E-state index is 12.3. The number of rotatable bonds is 4. The van der Waals surface area contributed by atoms with Gasteiger partial charge >= 0.3 is 5.97 Å². The Labute approximate surface area is 147 Å². The third kappa shape index (κ3) is 3.72. The number of aryl methyl sites for hydroxylation is 1. The molecule has 0 aromatic carbocycles. The molecule has 1 aliphatic heterocycles. The lowest BCUT2D eigenvalue weighted by Crippen LogP contribution is -2.44. The third-order valence-corrected chi connectivity index (χ3v) is 6.04. The highest BCUT2D eigenvalue weighted by atomic mass is 32.2. The molecular formula is C15H19N3O4S2. The van der Waals surface area contributed by atoms with Crippen LogP contribution in [0.25, 0.3) is 0 Å². The van der Waals surface area contributed by atoms with E-state index in [0.717, 1.165) is 17.1 Å². The molecular weight excluding hydrogens is 350 g/mol. The fraction of sp³-hybridized carbons (Fsp3) is 0.600. The van der Waals surface area contributed by atoms with Gasteiger partial charge in [0.2, 0.25) is 11.8 Å². The number of carbonyl (C=O) groups is 3. The average Bonchev–Trinajstić information content (AvgIpc) is 3.02. The zero-order valence-electron chi connectivity index (χ0n) is 13.3. The van der Waals surface area contributed by atoms with Gasteiger partial charge in [0.05, 0.1) is 12.3 Å². The van der Waals surface area contributed by atoms with Crippen LogP contribution < -0.4 is 10.6 Å². The molecule has 0 spiro atoms. The van der Waals surface area contributed by atoms with Gasteiger partial charge in [0.25, 0.3) is 0 Å². The summed E-state index contributed by atoms with van der Waals surface area (Å²) in [7, 11) is 0. The number of nitrogens with one attached hydrogen (secondary N) is 2. The summed E-state index contributed by atoms with van der Waals surface area (Å²) in [6, 6.07) is -0.551. The number of thioether (sulfide) groups is 1. The first-order chi connectivity index (χ1) is 11.6. The topological polar surface area (TPSA) is 97.4 Å². The van der Waals surface area contributed by atoms with Gasteiger partial charge in [-0.2, -0.15) is 11.8 Å². The van der Waals surface area contributed by atoms with Crippen LogP contribution in [-0.4, -0.2) is 46.9 Å². The number of fused-ring (bicyclic) bond motifs is 1. The van der Waals surface area contributed by atoms with Crippen LogP contribution in [0.3, 0.4) is 0 Å². The number of hydrogen-bond donors (Lipinski definition) is 2. The highest BCUT2D eigenvalue weighted by Gasteiger charge is 2.34. The molecule has 2 unspecified atom stereocenters. The van der Waals surface area contributed by atoms with Crippen LogP contribution in [0.2, 0.25) is 0 Å². The minimum Gasteiger partial charge on any atom is -0.465 e. The Balaban J connectivity index is 1.66. The molecule has 1 aliphatic carbocycles. The van der Waals surface area contributed by atoms with E-state index in [4.69, 9.17) is 4.74 Å². The minimum atomic E-state index is -0.551. The summed E-state index contributed by atoms with van der Waals surface area (Å²) in [5.41, 5.74) is 0.716. The molecule has 3 rings (SSSR count). The normalized spacial score (nSPS) is 23.1. The first kappa shape index (κ1) is 17.2. The van der Waals surface area contributed by atoms with E-state index < -0.39 is 6.04 Å². The van der Waals surface area contributed by atoms with Gasteiger partial charge in [-0.05, 0) is 19.8 Å². The summed E-state index contributed by atoms with van der Waals surface area (Å²) in [6.07, 6.45) is 1.90. The van der Waals surface area contributed by atoms with E-state index in [-0.39, 0.29) is 23.7 Å².